The summed E-state index contributed by atoms with van der Waals surface area (Å²) in [5, 5.41) is 1.17. The lowest BCUT2D eigenvalue weighted by Gasteiger charge is -1.85. The van der Waals surface area contributed by atoms with Crippen LogP contribution in [0.4, 0.5) is 0 Å². The van der Waals surface area contributed by atoms with Crippen molar-refractivity contribution < 1.29 is 4.42 Å². The van der Waals surface area contributed by atoms with E-state index < -0.39 is 0 Å². The van der Waals surface area contributed by atoms with Crippen molar-refractivity contribution in [1.29, 1.82) is 0 Å². The zero-order chi connectivity index (χ0) is 9.45. The molecule has 3 heteroatoms. The van der Waals surface area contributed by atoms with Crippen molar-refractivity contribution >= 4 is 11.1 Å². The fraction of sp³-hybridized carbons (Fsp3) is 0.0909. The first-order valence-electron chi connectivity index (χ1n) is 4.43. The molecule has 0 N–H and O–H groups in total. The predicted molar refractivity (Wildman–Crippen MR) is 48.7 cm³/mol. The highest BCUT2D eigenvalue weighted by Crippen LogP contribution is 2.23. The van der Waals surface area contributed by atoms with Crippen LogP contribution in [0.3, 0.4) is 0 Å². The van der Waals surface area contributed by atoms with Crippen molar-refractivity contribution in [2.45, 2.75) is 6.42 Å². The molecule has 3 nitrogen and oxygen atoms in total. The molecule has 0 saturated carbocycles. The van der Waals surface area contributed by atoms with Gasteiger partial charge in [-0.1, -0.05) is 12.2 Å². The van der Waals surface area contributed by atoms with Gasteiger partial charge < -0.3 is 4.42 Å². The van der Waals surface area contributed by atoms with Crippen LogP contribution < -0.4 is 21.3 Å². The fourth-order valence-electron chi connectivity index (χ4n) is 2.31. The van der Waals surface area contributed by atoms with Crippen molar-refractivity contribution in [3.8, 4) is 0 Å². The van der Waals surface area contributed by atoms with Crippen LogP contribution in [0.5, 0.6) is 0 Å². The van der Waals surface area contributed by atoms with Gasteiger partial charge in [-0.2, -0.15) is 0 Å². The summed E-state index contributed by atoms with van der Waals surface area (Å²) in [6, 6.07) is 0. The summed E-state index contributed by atoms with van der Waals surface area (Å²) in [7, 11) is 0. The zero-order valence-corrected chi connectivity index (χ0v) is 7.09. The Labute approximate surface area is 76.6 Å². The first-order chi connectivity index (χ1) is 6.77. The molecule has 66 valence electrons. The van der Waals surface area contributed by atoms with Gasteiger partial charge in [0.15, 0.2) is 0 Å². The Kier molecular flexibility index (Phi) is 0.776. The lowest BCUT2D eigenvalue weighted by atomic mass is 10.1. The van der Waals surface area contributed by atoms with Gasteiger partial charge in [0.1, 0.15) is 0 Å². The molecule has 0 radical (unpaired) electrons. The number of hydrogen-bond acceptors (Lipinski definition) is 3. The maximum atomic E-state index is 11.7. The normalized spacial score (nSPS) is 17.7. The Morgan fingerprint density at radius 1 is 0.929 bits per heavy atom. The Balaban J connectivity index is 2.66. The molecule has 4 aliphatic rings. The smallest absolute Gasteiger partial charge is 0.233 e. The average Bonchev–Trinajstić information content (AvgIpc) is 2.74. The second-order valence-electron chi connectivity index (χ2n) is 3.73. The molecular formula is C11H4O3. The van der Waals surface area contributed by atoms with Crippen LogP contribution in [0.25, 0.3) is 11.1 Å². The van der Waals surface area contributed by atoms with Gasteiger partial charge >= 0.3 is 0 Å². The van der Waals surface area contributed by atoms with Crippen LogP contribution in [0.1, 0.15) is 6.42 Å². The molecule has 0 aromatic heterocycles. The van der Waals surface area contributed by atoms with Crippen LogP contribution in [-0.2, 0) is 0 Å². The van der Waals surface area contributed by atoms with Crippen LogP contribution in [-0.4, -0.2) is 0 Å². The minimum Gasteiger partial charge on any atom is -0.441 e. The van der Waals surface area contributed by atoms with Crippen LogP contribution in [0.2, 0.25) is 0 Å². The SMILES string of the molecule is O=c1c2oc=2c(=O)c2c1=C1C=CC=2C1. The molecule has 1 aliphatic heterocycles. The van der Waals surface area contributed by atoms with E-state index >= 15 is 0 Å². The fourth-order valence-corrected chi connectivity index (χ4v) is 2.31. The molecule has 3 aliphatic carbocycles. The van der Waals surface area contributed by atoms with E-state index in [-0.39, 0.29) is 21.7 Å². The third-order valence-electron chi connectivity index (χ3n) is 2.99. The summed E-state index contributed by atoms with van der Waals surface area (Å²) < 4.78 is 4.90. The molecular weight excluding hydrogens is 180 g/mol. The van der Waals surface area contributed by atoms with E-state index in [2.05, 4.69) is 0 Å². The second kappa shape index (κ2) is 1.66. The first kappa shape index (κ1) is 6.54. The lowest BCUT2D eigenvalue weighted by molar-refractivity contribution is 0.635. The van der Waals surface area contributed by atoms with E-state index in [1.54, 1.807) is 0 Å². The minimum atomic E-state index is -0.107. The van der Waals surface area contributed by atoms with Crippen LogP contribution in [0, 0.1) is 10.8 Å². The maximum Gasteiger partial charge on any atom is 0.233 e. The number of rotatable bonds is 0. The summed E-state index contributed by atoms with van der Waals surface area (Å²) in [6.45, 7) is 0. The van der Waals surface area contributed by atoms with E-state index in [1.807, 2.05) is 12.2 Å². The third-order valence-corrected chi connectivity index (χ3v) is 2.99. The van der Waals surface area contributed by atoms with Crippen molar-refractivity contribution in [3.63, 3.8) is 0 Å². The summed E-state index contributed by atoms with van der Waals surface area (Å²) in [6.07, 6.45) is 4.56. The van der Waals surface area contributed by atoms with E-state index in [0.717, 1.165) is 17.6 Å². The van der Waals surface area contributed by atoms with Crippen molar-refractivity contribution in [2.75, 3.05) is 0 Å². The molecule has 0 fully saturated rings. The Morgan fingerprint density at radius 2 is 1.43 bits per heavy atom. The maximum absolute atomic E-state index is 11.7. The van der Waals surface area contributed by atoms with Gasteiger partial charge in [-0.05, 0) is 17.6 Å². The third kappa shape index (κ3) is 0.495. The molecule has 0 amide bonds. The quantitative estimate of drug-likeness (QED) is 0.520. The molecule has 2 bridgehead atoms. The van der Waals surface area contributed by atoms with Gasteiger partial charge in [0.25, 0.3) is 0 Å². The zero-order valence-electron chi connectivity index (χ0n) is 7.09. The molecule has 0 spiro atoms. The molecule has 0 unspecified atom stereocenters. The topological polar surface area (TPSA) is 47.3 Å². The Bertz CT molecular complexity index is 797. The number of allylic oxidation sites excluding steroid dienone is 2. The summed E-state index contributed by atoms with van der Waals surface area (Å²) in [4.78, 5) is 23.4. The summed E-state index contributed by atoms with van der Waals surface area (Å²) in [5.41, 5.74) is 2.25. The molecule has 14 heavy (non-hydrogen) atoms. The predicted octanol–water partition coefficient (Wildman–Crippen LogP) is -1.12. The highest BCUT2D eigenvalue weighted by Gasteiger charge is 2.24. The average molecular weight is 184 g/mol. The molecule has 1 heterocycles. The molecule has 0 saturated heterocycles. The standard InChI is InChI=1S/C11H4O3/c12-8-6-4-1-2-5(3-4)7(6)9(13)11-10(8)14-11/h1-2H,3H2. The van der Waals surface area contributed by atoms with Gasteiger partial charge in [0.2, 0.25) is 21.7 Å². The minimum absolute atomic E-state index is 0.107. The highest BCUT2D eigenvalue weighted by molar-refractivity contribution is 5.84. The van der Waals surface area contributed by atoms with Crippen molar-refractivity contribution in [1.82, 2.24) is 0 Å². The lowest BCUT2D eigenvalue weighted by Crippen LogP contribution is -2.47. The number of fused-ring (bicyclic) bond motifs is 3. The largest absolute Gasteiger partial charge is 0.441 e. The van der Waals surface area contributed by atoms with Crippen molar-refractivity contribution in [2.24, 2.45) is 0 Å². The van der Waals surface area contributed by atoms with E-state index in [4.69, 9.17) is 4.42 Å². The summed E-state index contributed by atoms with van der Waals surface area (Å²) in [5.74, 6) is 0. The first-order valence-corrected chi connectivity index (χ1v) is 4.43. The Hall–Kier alpha value is -1.90. The van der Waals surface area contributed by atoms with E-state index in [1.165, 1.54) is 0 Å². The van der Waals surface area contributed by atoms with Crippen LogP contribution >= 0.6 is 0 Å². The highest BCUT2D eigenvalue weighted by atomic mass is 16.4. The van der Waals surface area contributed by atoms with Gasteiger partial charge in [-0.3, -0.25) is 9.59 Å². The monoisotopic (exact) mass is 184 g/mol. The number of hydrogen-bond donors (Lipinski definition) is 0. The van der Waals surface area contributed by atoms with E-state index in [0.29, 0.717) is 10.4 Å². The molecule has 0 aromatic rings. The van der Waals surface area contributed by atoms with Gasteiger partial charge in [0.05, 0.1) is 0 Å². The van der Waals surface area contributed by atoms with Gasteiger partial charge in [0, 0.05) is 10.4 Å². The molecule has 0 aromatic carbocycles. The van der Waals surface area contributed by atoms with Crippen LogP contribution in [0.15, 0.2) is 26.2 Å². The van der Waals surface area contributed by atoms with E-state index in [9.17, 15) is 9.59 Å². The van der Waals surface area contributed by atoms with Gasteiger partial charge in [-0.25, -0.2) is 0 Å². The van der Waals surface area contributed by atoms with Crippen molar-refractivity contribution in [3.05, 3.63) is 53.9 Å². The molecule has 0 atom stereocenters. The summed E-state index contributed by atoms with van der Waals surface area (Å²) >= 11 is 0. The Morgan fingerprint density at radius 3 is 1.93 bits per heavy atom. The second-order valence-corrected chi connectivity index (χ2v) is 3.73. The van der Waals surface area contributed by atoms with Gasteiger partial charge in [-0.15, -0.1) is 0 Å². The molecule has 4 rings (SSSR count).